The van der Waals surface area contributed by atoms with Gasteiger partial charge in [0.05, 0.1) is 0 Å². The first kappa shape index (κ1) is 14.1. The minimum absolute atomic E-state index is 0.123. The molecule has 1 aliphatic carbocycles. The van der Waals surface area contributed by atoms with Gasteiger partial charge in [-0.1, -0.05) is 0 Å². The Morgan fingerprint density at radius 3 is 2.53 bits per heavy atom. The molecule has 0 aromatic carbocycles. The summed E-state index contributed by atoms with van der Waals surface area (Å²) in [6, 6.07) is 0.200. The summed E-state index contributed by atoms with van der Waals surface area (Å²) in [6.07, 6.45) is 4.29. The highest BCUT2D eigenvalue weighted by Gasteiger charge is 2.34. The SMILES string of the molecule is CC(CNC(=O)N(CC(=O)O)C1CC1)N1CCCC1. The van der Waals surface area contributed by atoms with E-state index >= 15 is 0 Å². The van der Waals surface area contributed by atoms with Crippen LogP contribution in [0.5, 0.6) is 0 Å². The first-order valence-corrected chi connectivity index (χ1v) is 7.08. The lowest BCUT2D eigenvalue weighted by Gasteiger charge is -2.26. The van der Waals surface area contributed by atoms with Crippen LogP contribution in [0.4, 0.5) is 4.79 Å². The van der Waals surface area contributed by atoms with Crippen LogP contribution < -0.4 is 5.32 Å². The van der Waals surface area contributed by atoms with Crippen LogP contribution in [0.15, 0.2) is 0 Å². The molecule has 2 aliphatic rings. The van der Waals surface area contributed by atoms with Crippen LogP contribution >= 0.6 is 0 Å². The van der Waals surface area contributed by atoms with E-state index in [9.17, 15) is 9.59 Å². The Hall–Kier alpha value is -1.30. The van der Waals surface area contributed by atoms with Gasteiger partial charge in [0.2, 0.25) is 0 Å². The monoisotopic (exact) mass is 269 g/mol. The lowest BCUT2D eigenvalue weighted by Crippen LogP contribution is -2.48. The Labute approximate surface area is 113 Å². The van der Waals surface area contributed by atoms with E-state index in [1.807, 2.05) is 0 Å². The van der Waals surface area contributed by atoms with E-state index in [0.717, 1.165) is 25.9 Å². The lowest BCUT2D eigenvalue weighted by atomic mass is 10.3. The second kappa shape index (κ2) is 6.23. The molecule has 1 unspecified atom stereocenters. The van der Waals surface area contributed by atoms with Crippen molar-refractivity contribution in [3.8, 4) is 0 Å². The summed E-state index contributed by atoms with van der Waals surface area (Å²) < 4.78 is 0. The number of urea groups is 1. The van der Waals surface area contributed by atoms with Crippen LogP contribution in [0.25, 0.3) is 0 Å². The maximum Gasteiger partial charge on any atom is 0.323 e. The van der Waals surface area contributed by atoms with Crippen molar-refractivity contribution in [2.75, 3.05) is 26.2 Å². The summed E-state index contributed by atoms with van der Waals surface area (Å²) in [5.41, 5.74) is 0. The zero-order valence-electron chi connectivity index (χ0n) is 11.5. The van der Waals surface area contributed by atoms with Gasteiger partial charge in [-0.15, -0.1) is 0 Å². The largest absolute Gasteiger partial charge is 0.480 e. The van der Waals surface area contributed by atoms with E-state index in [0.29, 0.717) is 12.6 Å². The van der Waals surface area contributed by atoms with Gasteiger partial charge in [-0.05, 0) is 45.7 Å². The van der Waals surface area contributed by atoms with E-state index < -0.39 is 5.97 Å². The summed E-state index contributed by atoms with van der Waals surface area (Å²) in [6.45, 7) is 4.68. The Morgan fingerprint density at radius 2 is 2.00 bits per heavy atom. The molecule has 0 aromatic heterocycles. The third-order valence-corrected chi connectivity index (χ3v) is 3.87. The molecule has 2 rings (SSSR count). The maximum atomic E-state index is 12.0. The summed E-state index contributed by atoms with van der Waals surface area (Å²) in [5, 5.41) is 11.7. The average molecular weight is 269 g/mol. The molecule has 1 saturated heterocycles. The molecular formula is C13H23N3O3. The molecule has 1 heterocycles. The second-order valence-corrected chi connectivity index (χ2v) is 5.53. The molecule has 0 aromatic rings. The molecule has 1 aliphatic heterocycles. The zero-order chi connectivity index (χ0) is 13.8. The minimum atomic E-state index is -0.949. The first-order chi connectivity index (χ1) is 9.08. The fourth-order valence-corrected chi connectivity index (χ4v) is 2.55. The number of carboxylic acid groups (broad SMARTS) is 1. The quantitative estimate of drug-likeness (QED) is 0.745. The van der Waals surface area contributed by atoms with Crippen molar-refractivity contribution in [1.82, 2.24) is 15.1 Å². The van der Waals surface area contributed by atoms with Crippen LogP contribution in [-0.4, -0.2) is 65.2 Å². The van der Waals surface area contributed by atoms with E-state index in [1.54, 1.807) is 0 Å². The van der Waals surface area contributed by atoms with Crippen molar-refractivity contribution in [1.29, 1.82) is 0 Å². The second-order valence-electron chi connectivity index (χ2n) is 5.53. The van der Waals surface area contributed by atoms with Crippen molar-refractivity contribution in [3.63, 3.8) is 0 Å². The van der Waals surface area contributed by atoms with Crippen molar-refractivity contribution >= 4 is 12.0 Å². The molecule has 2 fully saturated rings. The summed E-state index contributed by atoms with van der Waals surface area (Å²) in [7, 11) is 0. The highest BCUT2D eigenvalue weighted by atomic mass is 16.4. The molecule has 0 spiro atoms. The number of aliphatic carboxylic acids is 1. The van der Waals surface area contributed by atoms with Crippen LogP contribution in [0.1, 0.15) is 32.6 Å². The fraction of sp³-hybridized carbons (Fsp3) is 0.846. The van der Waals surface area contributed by atoms with Crippen LogP contribution in [0.3, 0.4) is 0 Å². The number of carbonyl (C=O) groups is 2. The van der Waals surface area contributed by atoms with Gasteiger partial charge in [-0.2, -0.15) is 0 Å². The van der Waals surface area contributed by atoms with Crippen molar-refractivity contribution in [2.45, 2.75) is 44.7 Å². The van der Waals surface area contributed by atoms with Gasteiger partial charge in [-0.3, -0.25) is 9.69 Å². The topological polar surface area (TPSA) is 72.9 Å². The number of nitrogens with one attached hydrogen (secondary N) is 1. The number of carbonyl (C=O) groups excluding carboxylic acids is 1. The molecule has 1 atom stereocenters. The van der Waals surface area contributed by atoms with E-state index in [4.69, 9.17) is 5.11 Å². The van der Waals surface area contributed by atoms with Gasteiger partial charge >= 0.3 is 12.0 Å². The zero-order valence-corrected chi connectivity index (χ0v) is 11.5. The van der Waals surface area contributed by atoms with E-state index in [2.05, 4.69) is 17.1 Å². The normalized spacial score (nSPS) is 21.1. The summed E-state index contributed by atoms with van der Waals surface area (Å²) in [4.78, 5) is 26.6. The van der Waals surface area contributed by atoms with E-state index in [1.165, 1.54) is 17.7 Å². The van der Waals surface area contributed by atoms with Crippen LogP contribution in [0.2, 0.25) is 0 Å². The molecule has 2 N–H and O–H groups in total. The number of likely N-dealkylation sites (tertiary alicyclic amines) is 1. The molecule has 0 radical (unpaired) electrons. The molecule has 2 amide bonds. The van der Waals surface area contributed by atoms with Crippen molar-refractivity contribution < 1.29 is 14.7 Å². The smallest absolute Gasteiger partial charge is 0.323 e. The highest BCUT2D eigenvalue weighted by molar-refractivity contribution is 5.80. The third kappa shape index (κ3) is 4.09. The number of rotatable bonds is 6. The maximum absolute atomic E-state index is 12.0. The number of nitrogens with zero attached hydrogens (tertiary/aromatic N) is 2. The number of hydrogen-bond acceptors (Lipinski definition) is 3. The van der Waals surface area contributed by atoms with Gasteiger partial charge in [0, 0.05) is 18.6 Å². The number of hydrogen-bond donors (Lipinski definition) is 2. The van der Waals surface area contributed by atoms with Crippen molar-refractivity contribution in [3.05, 3.63) is 0 Å². The van der Waals surface area contributed by atoms with Gasteiger partial charge in [0.1, 0.15) is 6.54 Å². The number of amides is 2. The highest BCUT2D eigenvalue weighted by Crippen LogP contribution is 2.26. The predicted molar refractivity (Wildman–Crippen MR) is 71.0 cm³/mol. The Kier molecular flexibility index (Phi) is 4.63. The number of carboxylic acids is 1. The Morgan fingerprint density at radius 1 is 1.37 bits per heavy atom. The average Bonchev–Trinajstić information content (AvgIpc) is 3.06. The molecule has 0 bridgehead atoms. The van der Waals surface area contributed by atoms with Gasteiger partial charge in [-0.25, -0.2) is 4.79 Å². The van der Waals surface area contributed by atoms with Gasteiger partial charge in [0.15, 0.2) is 0 Å². The minimum Gasteiger partial charge on any atom is -0.480 e. The standard InChI is InChI=1S/C13H23N3O3/c1-10(15-6-2-3-7-15)8-14-13(19)16(9-12(17)18)11-4-5-11/h10-11H,2-9H2,1H3,(H,14,19)(H,17,18). The van der Waals surface area contributed by atoms with Crippen LogP contribution in [0, 0.1) is 0 Å². The van der Waals surface area contributed by atoms with E-state index in [-0.39, 0.29) is 18.6 Å². The first-order valence-electron chi connectivity index (χ1n) is 7.08. The molecule has 108 valence electrons. The van der Waals surface area contributed by atoms with Gasteiger partial charge < -0.3 is 15.3 Å². The lowest BCUT2D eigenvalue weighted by molar-refractivity contribution is -0.137. The third-order valence-electron chi connectivity index (χ3n) is 3.87. The fourth-order valence-electron chi connectivity index (χ4n) is 2.55. The summed E-state index contributed by atoms with van der Waals surface area (Å²) >= 11 is 0. The molecular weight excluding hydrogens is 246 g/mol. The predicted octanol–water partition coefficient (Wildman–Crippen LogP) is 0.729. The Bertz CT molecular complexity index is 338. The van der Waals surface area contributed by atoms with Gasteiger partial charge in [0.25, 0.3) is 0 Å². The molecule has 19 heavy (non-hydrogen) atoms. The molecule has 6 nitrogen and oxygen atoms in total. The van der Waals surface area contributed by atoms with Crippen LogP contribution in [-0.2, 0) is 4.79 Å². The Balaban J connectivity index is 1.76. The molecule has 6 heteroatoms. The molecule has 1 saturated carbocycles. The summed E-state index contributed by atoms with van der Waals surface area (Å²) in [5.74, 6) is -0.949. The van der Waals surface area contributed by atoms with Crippen molar-refractivity contribution in [2.24, 2.45) is 0 Å².